The Morgan fingerprint density at radius 2 is 1.88 bits per heavy atom. The van der Waals surface area contributed by atoms with Crippen LogP contribution < -0.4 is 0 Å². The van der Waals surface area contributed by atoms with Crippen molar-refractivity contribution in [3.05, 3.63) is 42.0 Å². The van der Waals surface area contributed by atoms with E-state index in [1.807, 2.05) is 6.92 Å². The summed E-state index contributed by atoms with van der Waals surface area (Å²) in [7, 11) is 0. The molecule has 0 fully saturated rings. The van der Waals surface area contributed by atoms with Crippen LogP contribution in [0, 0.1) is 6.92 Å². The smallest absolute Gasteiger partial charge is 0.338 e. The molecule has 0 radical (unpaired) electrons. The summed E-state index contributed by atoms with van der Waals surface area (Å²) in [5.74, 6) is -0.998. The highest BCUT2D eigenvalue weighted by molar-refractivity contribution is 7.99. The maximum Gasteiger partial charge on any atom is 0.338 e. The van der Waals surface area contributed by atoms with Gasteiger partial charge in [-0.25, -0.2) is 14.8 Å². The topological polar surface area (TPSA) is 76.0 Å². The molecule has 0 aromatic carbocycles. The first-order valence-electron chi connectivity index (χ1n) is 4.82. The van der Waals surface area contributed by atoms with Gasteiger partial charge in [-0.2, -0.15) is 0 Å². The number of carboxylic acids is 1. The fourth-order valence-electron chi connectivity index (χ4n) is 1.22. The molecule has 5 nitrogen and oxygen atoms in total. The summed E-state index contributed by atoms with van der Waals surface area (Å²) in [6, 6.07) is 3.11. The Balaban J connectivity index is 2.37. The number of aromatic nitrogens is 3. The number of pyridine rings is 1. The third-order valence-electron chi connectivity index (χ3n) is 2.03. The Morgan fingerprint density at radius 1 is 1.18 bits per heavy atom. The van der Waals surface area contributed by atoms with Crippen LogP contribution in [0.5, 0.6) is 0 Å². The summed E-state index contributed by atoms with van der Waals surface area (Å²) < 4.78 is 0. The van der Waals surface area contributed by atoms with Crippen molar-refractivity contribution in [2.75, 3.05) is 0 Å². The molecule has 2 aromatic rings. The second-order valence-electron chi connectivity index (χ2n) is 3.21. The standard InChI is InChI=1S/C11H9N3O2S/c1-7-9(14-6-5-12-7)17-10-8(11(15)16)3-2-4-13-10/h2-6H,1H3,(H,15,16). The minimum absolute atomic E-state index is 0.169. The average molecular weight is 247 g/mol. The predicted octanol–water partition coefficient (Wildman–Crippen LogP) is 2.03. The van der Waals surface area contributed by atoms with Crippen molar-refractivity contribution in [2.45, 2.75) is 17.0 Å². The summed E-state index contributed by atoms with van der Waals surface area (Å²) in [6.45, 7) is 1.82. The fourth-order valence-corrected chi connectivity index (χ4v) is 2.10. The van der Waals surface area contributed by atoms with Crippen LogP contribution >= 0.6 is 11.8 Å². The summed E-state index contributed by atoms with van der Waals surface area (Å²) >= 11 is 1.20. The van der Waals surface area contributed by atoms with E-state index in [0.717, 1.165) is 5.69 Å². The van der Waals surface area contributed by atoms with Crippen molar-refractivity contribution < 1.29 is 9.90 Å². The van der Waals surface area contributed by atoms with Gasteiger partial charge in [-0.1, -0.05) is 0 Å². The largest absolute Gasteiger partial charge is 0.478 e. The summed E-state index contributed by atoms with van der Waals surface area (Å²) in [5.41, 5.74) is 0.919. The average Bonchev–Trinajstić information content (AvgIpc) is 2.32. The van der Waals surface area contributed by atoms with Gasteiger partial charge in [0.1, 0.15) is 10.1 Å². The molecule has 0 aliphatic carbocycles. The molecule has 0 unspecified atom stereocenters. The van der Waals surface area contributed by atoms with Gasteiger partial charge in [-0.3, -0.25) is 4.98 Å². The van der Waals surface area contributed by atoms with Crippen LogP contribution in [0.15, 0.2) is 40.8 Å². The molecule has 0 aliphatic rings. The normalized spacial score (nSPS) is 10.2. The quantitative estimate of drug-likeness (QED) is 0.894. The Labute approximate surface area is 102 Å². The lowest BCUT2D eigenvalue weighted by Crippen LogP contribution is -2.00. The van der Waals surface area contributed by atoms with Crippen molar-refractivity contribution in [3.63, 3.8) is 0 Å². The Kier molecular flexibility index (Phi) is 3.34. The summed E-state index contributed by atoms with van der Waals surface area (Å²) in [6.07, 6.45) is 4.72. The molecular weight excluding hydrogens is 238 g/mol. The highest BCUT2D eigenvalue weighted by Crippen LogP contribution is 2.28. The molecule has 0 atom stereocenters. The predicted molar refractivity (Wildman–Crippen MR) is 62.1 cm³/mol. The van der Waals surface area contributed by atoms with E-state index in [0.29, 0.717) is 10.1 Å². The van der Waals surface area contributed by atoms with Crippen LogP contribution in [-0.2, 0) is 0 Å². The number of rotatable bonds is 3. The molecule has 6 heteroatoms. The van der Waals surface area contributed by atoms with Gasteiger partial charge in [0.2, 0.25) is 0 Å². The monoisotopic (exact) mass is 247 g/mol. The molecule has 0 saturated carbocycles. The van der Waals surface area contributed by atoms with Gasteiger partial charge in [0.25, 0.3) is 0 Å². The molecule has 1 N–H and O–H groups in total. The number of aryl methyl sites for hydroxylation is 1. The zero-order valence-electron chi connectivity index (χ0n) is 8.99. The van der Waals surface area contributed by atoms with E-state index >= 15 is 0 Å². The van der Waals surface area contributed by atoms with E-state index < -0.39 is 5.97 Å². The van der Waals surface area contributed by atoms with Crippen molar-refractivity contribution in [3.8, 4) is 0 Å². The third kappa shape index (κ3) is 2.59. The Hall–Kier alpha value is -1.95. The lowest BCUT2D eigenvalue weighted by Gasteiger charge is -2.04. The lowest BCUT2D eigenvalue weighted by atomic mass is 10.3. The SMILES string of the molecule is Cc1nccnc1Sc1ncccc1C(=O)O. The van der Waals surface area contributed by atoms with Gasteiger partial charge >= 0.3 is 5.97 Å². The van der Waals surface area contributed by atoms with Gasteiger partial charge in [0.15, 0.2) is 0 Å². The van der Waals surface area contributed by atoms with Crippen molar-refractivity contribution in [1.29, 1.82) is 0 Å². The minimum atomic E-state index is -0.998. The van der Waals surface area contributed by atoms with E-state index in [1.165, 1.54) is 17.8 Å². The Bertz CT molecular complexity index is 560. The molecule has 0 bridgehead atoms. The van der Waals surface area contributed by atoms with E-state index in [4.69, 9.17) is 5.11 Å². The first kappa shape index (κ1) is 11.5. The molecule has 17 heavy (non-hydrogen) atoms. The minimum Gasteiger partial charge on any atom is -0.478 e. The lowest BCUT2D eigenvalue weighted by molar-refractivity contribution is 0.0692. The molecule has 0 saturated heterocycles. The van der Waals surface area contributed by atoms with Crippen LogP contribution in [0.1, 0.15) is 16.1 Å². The van der Waals surface area contributed by atoms with Gasteiger partial charge in [0.05, 0.1) is 11.3 Å². The first-order valence-corrected chi connectivity index (χ1v) is 5.64. The van der Waals surface area contributed by atoms with Crippen molar-refractivity contribution in [2.24, 2.45) is 0 Å². The van der Waals surface area contributed by atoms with Crippen LogP contribution in [0.2, 0.25) is 0 Å². The third-order valence-corrected chi connectivity index (χ3v) is 3.14. The van der Waals surface area contributed by atoms with Gasteiger partial charge < -0.3 is 5.11 Å². The van der Waals surface area contributed by atoms with Crippen LogP contribution in [-0.4, -0.2) is 26.0 Å². The zero-order valence-corrected chi connectivity index (χ0v) is 9.81. The van der Waals surface area contributed by atoms with Crippen LogP contribution in [0.25, 0.3) is 0 Å². The fraction of sp³-hybridized carbons (Fsp3) is 0.0909. The van der Waals surface area contributed by atoms with Crippen LogP contribution in [0.4, 0.5) is 0 Å². The zero-order chi connectivity index (χ0) is 12.3. The number of hydrogen-bond donors (Lipinski definition) is 1. The maximum absolute atomic E-state index is 11.0. The summed E-state index contributed by atoms with van der Waals surface area (Å²) in [5, 5.41) is 10.1. The second kappa shape index (κ2) is 4.92. The second-order valence-corrected chi connectivity index (χ2v) is 4.19. The van der Waals surface area contributed by atoms with E-state index in [-0.39, 0.29) is 5.56 Å². The molecule has 2 rings (SSSR count). The molecule has 0 spiro atoms. The number of aromatic carboxylic acids is 1. The molecule has 0 aliphatic heterocycles. The summed E-state index contributed by atoms with van der Waals surface area (Å²) in [4.78, 5) is 23.3. The van der Waals surface area contributed by atoms with Crippen molar-refractivity contribution >= 4 is 17.7 Å². The molecule has 2 heterocycles. The highest BCUT2D eigenvalue weighted by atomic mass is 32.2. The highest BCUT2D eigenvalue weighted by Gasteiger charge is 2.13. The van der Waals surface area contributed by atoms with Gasteiger partial charge in [-0.15, -0.1) is 0 Å². The number of carboxylic acid groups (broad SMARTS) is 1. The number of carbonyl (C=O) groups is 1. The van der Waals surface area contributed by atoms with E-state index in [9.17, 15) is 4.79 Å². The Morgan fingerprint density at radius 3 is 2.59 bits per heavy atom. The van der Waals surface area contributed by atoms with Gasteiger partial charge in [0, 0.05) is 18.6 Å². The van der Waals surface area contributed by atoms with E-state index in [1.54, 1.807) is 24.7 Å². The number of hydrogen-bond acceptors (Lipinski definition) is 5. The molecular formula is C11H9N3O2S. The molecule has 0 amide bonds. The first-order chi connectivity index (χ1) is 8.18. The van der Waals surface area contributed by atoms with Crippen LogP contribution in [0.3, 0.4) is 0 Å². The molecule has 2 aromatic heterocycles. The molecule has 86 valence electrons. The number of nitrogens with zero attached hydrogens (tertiary/aromatic N) is 3. The van der Waals surface area contributed by atoms with E-state index in [2.05, 4.69) is 15.0 Å². The van der Waals surface area contributed by atoms with Crippen molar-refractivity contribution in [1.82, 2.24) is 15.0 Å². The maximum atomic E-state index is 11.0. The van der Waals surface area contributed by atoms with Gasteiger partial charge in [-0.05, 0) is 30.8 Å².